The van der Waals surface area contributed by atoms with Crippen molar-refractivity contribution in [3.8, 4) is 17.0 Å². The Kier molecular flexibility index (Phi) is 6.93. The van der Waals surface area contributed by atoms with Gasteiger partial charge in [-0.1, -0.05) is 39.7 Å². The molecule has 2 fully saturated rings. The van der Waals surface area contributed by atoms with Crippen molar-refractivity contribution in [3.63, 3.8) is 0 Å². The van der Waals surface area contributed by atoms with E-state index >= 15 is 0 Å². The Hall–Kier alpha value is -4.63. The number of methoxy groups -OCH3 is 1. The number of fused-ring (bicyclic) bond motifs is 6. The van der Waals surface area contributed by atoms with Gasteiger partial charge in [-0.15, -0.1) is 0 Å². The second kappa shape index (κ2) is 10.8. The molecule has 1 aliphatic heterocycles. The number of ether oxygens (including phenoxy) is 2. The van der Waals surface area contributed by atoms with E-state index in [0.29, 0.717) is 39.2 Å². The summed E-state index contributed by atoms with van der Waals surface area (Å²) in [6.07, 6.45) is 3.04. The highest BCUT2D eigenvalue weighted by Crippen LogP contribution is 2.56. The number of ketones is 1. The predicted molar refractivity (Wildman–Crippen MR) is 167 cm³/mol. The average molecular weight is 652 g/mol. The molecule has 2 aliphatic carbocycles. The van der Waals surface area contributed by atoms with Gasteiger partial charge in [-0.25, -0.2) is 9.78 Å². The zero-order chi connectivity index (χ0) is 30.7. The van der Waals surface area contributed by atoms with Gasteiger partial charge in [-0.3, -0.25) is 19.3 Å². The first kappa shape index (κ1) is 28.2. The molecule has 0 radical (unpaired) electrons. The Morgan fingerprint density at radius 3 is 2.41 bits per heavy atom. The van der Waals surface area contributed by atoms with Crippen molar-refractivity contribution in [1.29, 1.82) is 0 Å². The number of amides is 2. The standard InChI is InChI=1S/C35H27BrN2O6/c1-18-13-21-14-25(18)32-31(21)33(40)38(34(32)41)23-8-3-19(4-9-23)29-16-27(26-15-22(36)7-12-28(26)37-29)35(42)44-17-30(39)20-5-10-24(43-2)11-6-20/h3-13,15-16,21,25,31-32H,14,17H2,1-2H3. The number of hydrogen-bond donors (Lipinski definition) is 0. The molecular formula is C35H27BrN2O6. The van der Waals surface area contributed by atoms with Crippen molar-refractivity contribution in [3.05, 3.63) is 100 Å². The van der Waals surface area contributed by atoms with Crippen LogP contribution < -0.4 is 9.64 Å². The van der Waals surface area contributed by atoms with Gasteiger partial charge in [0.25, 0.3) is 0 Å². The van der Waals surface area contributed by atoms with Crippen LogP contribution in [-0.4, -0.2) is 42.3 Å². The van der Waals surface area contributed by atoms with Gasteiger partial charge < -0.3 is 9.47 Å². The molecule has 8 nitrogen and oxygen atoms in total. The molecule has 3 aliphatic rings. The Morgan fingerprint density at radius 2 is 1.68 bits per heavy atom. The number of pyridine rings is 1. The van der Waals surface area contributed by atoms with E-state index in [1.807, 2.05) is 13.0 Å². The summed E-state index contributed by atoms with van der Waals surface area (Å²) in [6.45, 7) is 1.62. The smallest absolute Gasteiger partial charge is 0.339 e. The van der Waals surface area contributed by atoms with Gasteiger partial charge in [-0.05, 0) is 85.8 Å². The number of halogens is 1. The summed E-state index contributed by atoms with van der Waals surface area (Å²) < 4.78 is 11.4. The van der Waals surface area contributed by atoms with Crippen molar-refractivity contribution in [2.24, 2.45) is 23.7 Å². The zero-order valence-corrected chi connectivity index (χ0v) is 25.5. The maximum absolute atomic E-state index is 13.4. The molecule has 1 saturated heterocycles. The van der Waals surface area contributed by atoms with Crippen LogP contribution in [0.15, 0.2) is 88.9 Å². The summed E-state index contributed by atoms with van der Waals surface area (Å²) in [5.41, 5.74) is 4.17. The van der Waals surface area contributed by atoms with Crippen LogP contribution in [0.4, 0.5) is 5.69 Å². The van der Waals surface area contributed by atoms with Crippen LogP contribution >= 0.6 is 15.9 Å². The lowest BCUT2D eigenvalue weighted by Crippen LogP contribution is -2.32. The lowest BCUT2D eigenvalue weighted by atomic mass is 9.82. The molecule has 9 heteroatoms. The number of nitrogens with zero attached hydrogens (tertiary/aromatic N) is 2. The minimum atomic E-state index is -0.659. The fourth-order valence-corrected chi connectivity index (χ4v) is 7.26. The Balaban J connectivity index is 1.15. The van der Waals surface area contributed by atoms with Gasteiger partial charge in [-0.2, -0.15) is 0 Å². The molecule has 4 aromatic rings. The number of carbonyl (C=O) groups excluding carboxylic acids is 4. The molecule has 1 aromatic heterocycles. The Morgan fingerprint density at radius 1 is 0.955 bits per heavy atom. The highest BCUT2D eigenvalue weighted by atomic mass is 79.9. The monoisotopic (exact) mass is 650 g/mol. The summed E-state index contributed by atoms with van der Waals surface area (Å²) >= 11 is 3.46. The number of benzene rings is 3. The SMILES string of the molecule is COc1ccc(C(=O)COC(=O)c2cc(-c3ccc(N4C(=O)C5C6C=C(C)C(C6)C5C4=O)cc3)nc3ccc(Br)cc23)cc1. The summed E-state index contributed by atoms with van der Waals surface area (Å²) in [6, 6.07) is 20.7. The van der Waals surface area contributed by atoms with E-state index in [1.165, 1.54) is 10.5 Å². The largest absolute Gasteiger partial charge is 0.497 e. The topological polar surface area (TPSA) is 103 Å². The number of carbonyl (C=O) groups is 4. The van der Waals surface area contributed by atoms with Crippen LogP contribution in [0.2, 0.25) is 0 Å². The van der Waals surface area contributed by atoms with E-state index in [9.17, 15) is 19.2 Å². The van der Waals surface area contributed by atoms with Gasteiger partial charge >= 0.3 is 5.97 Å². The van der Waals surface area contributed by atoms with Crippen molar-refractivity contribution < 1.29 is 28.7 Å². The second-order valence-corrected chi connectivity index (χ2v) is 12.4. The first-order valence-electron chi connectivity index (χ1n) is 14.3. The molecule has 44 heavy (non-hydrogen) atoms. The number of anilines is 1. The van der Waals surface area contributed by atoms with Gasteiger partial charge in [0.15, 0.2) is 12.4 Å². The fraction of sp³-hybridized carbons (Fsp3) is 0.229. The van der Waals surface area contributed by atoms with Gasteiger partial charge in [0.1, 0.15) is 5.75 Å². The molecule has 1 saturated carbocycles. The van der Waals surface area contributed by atoms with E-state index in [1.54, 1.807) is 73.8 Å². The van der Waals surface area contributed by atoms with Gasteiger partial charge in [0, 0.05) is 21.0 Å². The molecule has 0 N–H and O–H groups in total. The van der Waals surface area contributed by atoms with Crippen LogP contribution in [0.1, 0.15) is 34.1 Å². The molecule has 4 unspecified atom stereocenters. The van der Waals surface area contributed by atoms with Crippen LogP contribution in [0, 0.1) is 23.7 Å². The quantitative estimate of drug-likeness (QED) is 0.0985. The lowest BCUT2D eigenvalue weighted by molar-refractivity contribution is -0.123. The summed E-state index contributed by atoms with van der Waals surface area (Å²) in [5, 5.41) is 0.569. The van der Waals surface area contributed by atoms with Crippen LogP contribution in [0.5, 0.6) is 5.75 Å². The Bertz CT molecular complexity index is 1900. The first-order valence-corrected chi connectivity index (χ1v) is 15.1. The molecule has 0 spiro atoms. The maximum atomic E-state index is 13.4. The summed E-state index contributed by atoms with van der Waals surface area (Å²) in [5.74, 6) is -0.905. The van der Waals surface area contributed by atoms with E-state index in [0.717, 1.165) is 10.9 Å². The maximum Gasteiger partial charge on any atom is 0.339 e. The third kappa shape index (κ3) is 4.63. The molecule has 2 amide bonds. The van der Waals surface area contributed by atoms with E-state index < -0.39 is 12.6 Å². The molecule has 4 atom stereocenters. The second-order valence-electron chi connectivity index (χ2n) is 11.5. The first-order chi connectivity index (χ1) is 21.2. The third-order valence-corrected chi connectivity index (χ3v) is 9.53. The van der Waals surface area contributed by atoms with Crippen molar-refractivity contribution in [1.82, 2.24) is 4.98 Å². The van der Waals surface area contributed by atoms with Crippen molar-refractivity contribution >= 4 is 56.1 Å². The molecule has 2 bridgehead atoms. The number of rotatable bonds is 7. The third-order valence-electron chi connectivity index (χ3n) is 9.04. The summed E-state index contributed by atoms with van der Waals surface area (Å²) in [4.78, 5) is 58.9. The fourth-order valence-electron chi connectivity index (χ4n) is 6.89. The number of aromatic nitrogens is 1. The minimum absolute atomic E-state index is 0.128. The molecule has 220 valence electrons. The molecule has 3 aromatic carbocycles. The van der Waals surface area contributed by atoms with E-state index in [2.05, 4.69) is 22.0 Å². The average Bonchev–Trinajstić information content (AvgIpc) is 3.68. The summed E-state index contributed by atoms with van der Waals surface area (Å²) in [7, 11) is 1.54. The van der Waals surface area contributed by atoms with Gasteiger partial charge in [0.05, 0.1) is 41.4 Å². The Labute approximate surface area is 261 Å². The predicted octanol–water partition coefficient (Wildman–Crippen LogP) is 6.41. The van der Waals surface area contributed by atoms with Crippen LogP contribution in [-0.2, 0) is 14.3 Å². The number of imide groups is 1. The zero-order valence-electron chi connectivity index (χ0n) is 24.0. The lowest BCUT2D eigenvalue weighted by Gasteiger charge is -2.19. The van der Waals surface area contributed by atoms with Crippen molar-refractivity contribution in [2.75, 3.05) is 18.6 Å². The van der Waals surface area contributed by atoms with E-state index in [4.69, 9.17) is 14.5 Å². The van der Waals surface area contributed by atoms with Crippen LogP contribution in [0.3, 0.4) is 0 Å². The number of hydrogen-bond acceptors (Lipinski definition) is 7. The minimum Gasteiger partial charge on any atom is -0.497 e. The number of allylic oxidation sites excluding steroid dienone is 2. The number of Topliss-reactive ketones (excluding diaryl/α,β-unsaturated/α-hetero) is 1. The highest BCUT2D eigenvalue weighted by Gasteiger charge is 2.60. The highest BCUT2D eigenvalue weighted by molar-refractivity contribution is 9.10. The number of esters is 1. The van der Waals surface area contributed by atoms with Crippen molar-refractivity contribution in [2.45, 2.75) is 13.3 Å². The molecule has 7 rings (SSSR count). The van der Waals surface area contributed by atoms with Crippen LogP contribution in [0.25, 0.3) is 22.2 Å². The van der Waals surface area contributed by atoms with Gasteiger partial charge in [0.2, 0.25) is 11.8 Å². The molecular weight excluding hydrogens is 624 g/mol. The molecule has 2 heterocycles. The van der Waals surface area contributed by atoms with E-state index in [-0.39, 0.29) is 46.8 Å². The normalized spacial score (nSPS) is 21.9.